The summed E-state index contributed by atoms with van der Waals surface area (Å²) < 4.78 is 0. The molecule has 3 heteroatoms. The van der Waals surface area contributed by atoms with Crippen molar-refractivity contribution < 1.29 is 4.79 Å². The van der Waals surface area contributed by atoms with Gasteiger partial charge < -0.3 is 5.32 Å². The van der Waals surface area contributed by atoms with Gasteiger partial charge in [-0.2, -0.15) is 0 Å². The SMILES string of the molecule is CC(C)CCNC(=O)C1CCCN(Cc2ccccc2)C1. The Bertz CT molecular complexity index is 430. The molecule has 0 spiro atoms. The number of hydrogen-bond acceptors (Lipinski definition) is 2. The van der Waals surface area contributed by atoms with Crippen LogP contribution in [-0.4, -0.2) is 30.4 Å². The second-order valence-corrected chi connectivity index (χ2v) is 6.53. The first kappa shape index (κ1) is 16.0. The van der Waals surface area contributed by atoms with Crippen molar-refractivity contribution in [3.05, 3.63) is 35.9 Å². The molecule has 1 amide bonds. The van der Waals surface area contributed by atoms with Gasteiger partial charge in [0.1, 0.15) is 0 Å². The molecule has 1 unspecified atom stereocenters. The minimum atomic E-state index is 0.162. The summed E-state index contributed by atoms with van der Waals surface area (Å²) in [6.07, 6.45) is 3.21. The molecule has 0 radical (unpaired) electrons. The standard InChI is InChI=1S/C18H28N2O/c1-15(2)10-11-19-18(21)17-9-6-12-20(14-17)13-16-7-4-3-5-8-16/h3-5,7-8,15,17H,6,9-14H2,1-2H3,(H,19,21). The molecule has 0 aliphatic carbocycles. The fourth-order valence-corrected chi connectivity index (χ4v) is 2.88. The molecule has 3 nitrogen and oxygen atoms in total. The number of piperidine rings is 1. The highest BCUT2D eigenvalue weighted by Crippen LogP contribution is 2.18. The molecule has 1 heterocycles. The number of benzene rings is 1. The molecule has 1 aromatic rings. The lowest BCUT2D eigenvalue weighted by Gasteiger charge is -2.32. The topological polar surface area (TPSA) is 32.3 Å². The lowest BCUT2D eigenvalue weighted by Crippen LogP contribution is -2.43. The molecule has 1 atom stereocenters. The maximum Gasteiger partial charge on any atom is 0.224 e. The van der Waals surface area contributed by atoms with Gasteiger partial charge in [-0.25, -0.2) is 0 Å². The molecule has 1 aliphatic heterocycles. The molecular formula is C18H28N2O. The Morgan fingerprint density at radius 2 is 2.10 bits per heavy atom. The van der Waals surface area contributed by atoms with E-state index in [4.69, 9.17) is 0 Å². The predicted molar refractivity (Wildman–Crippen MR) is 86.9 cm³/mol. The quantitative estimate of drug-likeness (QED) is 0.872. The first-order valence-electron chi connectivity index (χ1n) is 8.19. The van der Waals surface area contributed by atoms with Crippen LogP contribution in [0, 0.1) is 11.8 Å². The van der Waals surface area contributed by atoms with E-state index in [-0.39, 0.29) is 11.8 Å². The van der Waals surface area contributed by atoms with E-state index in [2.05, 4.69) is 48.3 Å². The summed E-state index contributed by atoms with van der Waals surface area (Å²) in [5.74, 6) is 1.05. The monoisotopic (exact) mass is 288 g/mol. The Kier molecular flexibility index (Phi) is 6.24. The highest BCUT2D eigenvalue weighted by molar-refractivity contribution is 5.78. The third kappa shape index (κ3) is 5.50. The van der Waals surface area contributed by atoms with Gasteiger partial charge in [-0.1, -0.05) is 44.2 Å². The Morgan fingerprint density at radius 3 is 2.81 bits per heavy atom. The van der Waals surface area contributed by atoms with Gasteiger partial charge >= 0.3 is 0 Å². The van der Waals surface area contributed by atoms with Gasteiger partial charge in [0, 0.05) is 19.6 Å². The van der Waals surface area contributed by atoms with Crippen molar-refractivity contribution in [3.8, 4) is 0 Å². The number of amides is 1. The van der Waals surface area contributed by atoms with Crippen LogP contribution >= 0.6 is 0 Å². The molecule has 21 heavy (non-hydrogen) atoms. The molecule has 2 rings (SSSR count). The zero-order valence-electron chi connectivity index (χ0n) is 13.3. The Labute approximate surface area is 128 Å². The van der Waals surface area contributed by atoms with E-state index in [9.17, 15) is 4.79 Å². The van der Waals surface area contributed by atoms with Gasteiger partial charge in [-0.3, -0.25) is 9.69 Å². The molecule has 1 saturated heterocycles. The van der Waals surface area contributed by atoms with Crippen molar-refractivity contribution in [2.75, 3.05) is 19.6 Å². The summed E-state index contributed by atoms with van der Waals surface area (Å²) in [7, 11) is 0. The fourth-order valence-electron chi connectivity index (χ4n) is 2.88. The molecule has 1 aliphatic rings. The first-order valence-corrected chi connectivity index (χ1v) is 8.19. The number of carbonyl (C=O) groups is 1. The third-order valence-corrected chi connectivity index (χ3v) is 4.15. The average molecular weight is 288 g/mol. The average Bonchev–Trinajstić information content (AvgIpc) is 2.48. The second kappa shape index (κ2) is 8.18. The van der Waals surface area contributed by atoms with Gasteiger partial charge in [0.15, 0.2) is 0 Å². The van der Waals surface area contributed by atoms with Crippen molar-refractivity contribution in [2.24, 2.45) is 11.8 Å². The maximum atomic E-state index is 12.2. The van der Waals surface area contributed by atoms with E-state index in [1.165, 1.54) is 5.56 Å². The highest BCUT2D eigenvalue weighted by Gasteiger charge is 2.25. The molecule has 0 bridgehead atoms. The molecule has 116 valence electrons. The summed E-state index contributed by atoms with van der Waals surface area (Å²) in [5, 5.41) is 3.10. The number of likely N-dealkylation sites (tertiary alicyclic amines) is 1. The van der Waals surface area contributed by atoms with Crippen molar-refractivity contribution in [2.45, 2.75) is 39.7 Å². The fraction of sp³-hybridized carbons (Fsp3) is 0.611. The lowest BCUT2D eigenvalue weighted by atomic mass is 9.96. The summed E-state index contributed by atoms with van der Waals surface area (Å²) in [6.45, 7) is 8.14. The van der Waals surface area contributed by atoms with Gasteiger partial charge in [-0.15, -0.1) is 0 Å². The number of nitrogens with zero attached hydrogens (tertiary/aromatic N) is 1. The molecule has 1 N–H and O–H groups in total. The van der Waals surface area contributed by atoms with Crippen molar-refractivity contribution in [3.63, 3.8) is 0 Å². The van der Waals surface area contributed by atoms with Crippen LogP contribution in [0.15, 0.2) is 30.3 Å². The summed E-state index contributed by atoms with van der Waals surface area (Å²) in [5.41, 5.74) is 1.33. The van der Waals surface area contributed by atoms with E-state index in [0.717, 1.165) is 45.4 Å². The maximum absolute atomic E-state index is 12.2. The molecule has 0 aromatic heterocycles. The van der Waals surface area contributed by atoms with Gasteiger partial charge in [0.05, 0.1) is 5.92 Å². The number of nitrogens with one attached hydrogen (secondary N) is 1. The van der Waals surface area contributed by atoms with E-state index < -0.39 is 0 Å². The van der Waals surface area contributed by atoms with Gasteiger partial charge in [0.25, 0.3) is 0 Å². The smallest absolute Gasteiger partial charge is 0.224 e. The molecule has 1 fully saturated rings. The molecule has 1 aromatic carbocycles. The highest BCUT2D eigenvalue weighted by atomic mass is 16.1. The van der Waals surface area contributed by atoms with E-state index in [1.807, 2.05) is 6.07 Å². The summed E-state index contributed by atoms with van der Waals surface area (Å²) >= 11 is 0. The molecular weight excluding hydrogens is 260 g/mol. The van der Waals surface area contributed by atoms with Crippen LogP contribution in [0.25, 0.3) is 0 Å². The number of carbonyl (C=O) groups excluding carboxylic acids is 1. The summed E-state index contributed by atoms with van der Waals surface area (Å²) in [4.78, 5) is 14.6. The minimum absolute atomic E-state index is 0.162. The van der Waals surface area contributed by atoms with Crippen LogP contribution in [0.5, 0.6) is 0 Å². The van der Waals surface area contributed by atoms with Crippen LogP contribution in [0.2, 0.25) is 0 Å². The lowest BCUT2D eigenvalue weighted by molar-refractivity contribution is -0.126. The van der Waals surface area contributed by atoms with Crippen molar-refractivity contribution >= 4 is 5.91 Å². The van der Waals surface area contributed by atoms with Crippen LogP contribution in [0.4, 0.5) is 0 Å². The van der Waals surface area contributed by atoms with Crippen molar-refractivity contribution in [1.29, 1.82) is 0 Å². The Hall–Kier alpha value is -1.35. The zero-order valence-corrected chi connectivity index (χ0v) is 13.3. The van der Waals surface area contributed by atoms with Crippen molar-refractivity contribution in [1.82, 2.24) is 10.2 Å². The van der Waals surface area contributed by atoms with E-state index in [0.29, 0.717) is 5.92 Å². The minimum Gasteiger partial charge on any atom is -0.356 e. The number of hydrogen-bond donors (Lipinski definition) is 1. The first-order chi connectivity index (χ1) is 10.1. The van der Waals surface area contributed by atoms with Crippen LogP contribution < -0.4 is 5.32 Å². The predicted octanol–water partition coefficient (Wildman–Crippen LogP) is 3.06. The normalized spacial score (nSPS) is 19.7. The largest absolute Gasteiger partial charge is 0.356 e. The van der Waals surface area contributed by atoms with E-state index in [1.54, 1.807) is 0 Å². The van der Waals surface area contributed by atoms with Gasteiger partial charge in [0.2, 0.25) is 5.91 Å². The molecule has 0 saturated carbocycles. The van der Waals surface area contributed by atoms with Crippen LogP contribution in [0.1, 0.15) is 38.7 Å². The zero-order chi connectivity index (χ0) is 15.1. The van der Waals surface area contributed by atoms with E-state index >= 15 is 0 Å². The third-order valence-electron chi connectivity index (χ3n) is 4.15. The van der Waals surface area contributed by atoms with Gasteiger partial charge in [-0.05, 0) is 37.3 Å². The van der Waals surface area contributed by atoms with Crippen LogP contribution in [-0.2, 0) is 11.3 Å². The summed E-state index contributed by atoms with van der Waals surface area (Å²) in [6, 6.07) is 10.5. The Morgan fingerprint density at radius 1 is 1.33 bits per heavy atom. The second-order valence-electron chi connectivity index (χ2n) is 6.53. The number of rotatable bonds is 6. The van der Waals surface area contributed by atoms with Crippen LogP contribution in [0.3, 0.4) is 0 Å². The Balaban J connectivity index is 1.79.